The number of rotatable bonds is 6. The summed E-state index contributed by atoms with van der Waals surface area (Å²) >= 11 is 0. The second kappa shape index (κ2) is 10.7. The molecule has 8 nitrogen and oxygen atoms in total. The molecule has 0 atom stereocenters. The molecule has 1 aromatic rings. The van der Waals surface area contributed by atoms with Gasteiger partial charge in [-0.15, -0.1) is 0 Å². The van der Waals surface area contributed by atoms with Gasteiger partial charge in [0.15, 0.2) is 0 Å². The molecule has 0 radical (unpaired) electrons. The number of aryl methyl sites for hydroxylation is 3. The molecule has 2 heterocycles. The molecule has 32 heavy (non-hydrogen) atoms. The van der Waals surface area contributed by atoms with Crippen molar-refractivity contribution < 1.29 is 18.0 Å². The number of hydrogen-bond acceptors (Lipinski definition) is 4. The maximum atomic E-state index is 13.2. The Kier molecular flexibility index (Phi) is 8.16. The number of carbonyl (C=O) groups is 2. The zero-order valence-corrected chi connectivity index (χ0v) is 20.3. The first-order valence-corrected chi connectivity index (χ1v) is 13.0. The lowest BCUT2D eigenvalue weighted by atomic mass is 10.1. The molecule has 1 N–H and O–H groups in total. The fourth-order valence-corrected chi connectivity index (χ4v) is 6.52. The summed E-state index contributed by atoms with van der Waals surface area (Å²) < 4.78 is 27.9. The Balaban J connectivity index is 1.47. The Morgan fingerprint density at radius 3 is 2.28 bits per heavy atom. The fraction of sp³-hybridized carbons (Fsp3) is 0.652. The van der Waals surface area contributed by atoms with E-state index in [1.807, 2.05) is 37.8 Å². The molecule has 3 amide bonds. The number of piperazine rings is 1. The number of amides is 3. The lowest BCUT2D eigenvalue weighted by Crippen LogP contribution is -2.53. The molecule has 3 rings (SSSR count). The molecular weight excluding hydrogens is 428 g/mol. The number of nitrogens with one attached hydrogen (secondary N) is 1. The SMILES string of the molecule is Cc1cc(C)c(S(=O)(=O)N2CCN(C(=O)NCCCN3CCCCCC3=O)CC2)c(C)c1. The third kappa shape index (κ3) is 5.81. The van der Waals surface area contributed by atoms with E-state index in [1.54, 1.807) is 4.90 Å². The second-order valence-electron chi connectivity index (χ2n) is 8.90. The summed E-state index contributed by atoms with van der Waals surface area (Å²) in [6, 6.07) is 3.61. The van der Waals surface area contributed by atoms with Crippen LogP contribution in [-0.4, -0.2) is 80.3 Å². The normalized spacial score (nSPS) is 18.5. The third-order valence-corrected chi connectivity index (χ3v) is 8.49. The van der Waals surface area contributed by atoms with Gasteiger partial charge < -0.3 is 15.1 Å². The lowest BCUT2D eigenvalue weighted by molar-refractivity contribution is -0.130. The van der Waals surface area contributed by atoms with Crippen molar-refractivity contribution in [2.24, 2.45) is 0 Å². The maximum absolute atomic E-state index is 13.2. The Morgan fingerprint density at radius 2 is 1.62 bits per heavy atom. The number of benzene rings is 1. The average molecular weight is 465 g/mol. The summed E-state index contributed by atoms with van der Waals surface area (Å²) in [4.78, 5) is 28.5. The molecular formula is C23H36N4O4S. The highest BCUT2D eigenvalue weighted by Gasteiger charge is 2.32. The van der Waals surface area contributed by atoms with Crippen LogP contribution in [-0.2, 0) is 14.8 Å². The molecule has 2 saturated heterocycles. The van der Waals surface area contributed by atoms with Crippen LogP contribution in [0.2, 0.25) is 0 Å². The number of carbonyl (C=O) groups excluding carboxylic acids is 2. The molecule has 0 aromatic heterocycles. The molecule has 0 spiro atoms. The van der Waals surface area contributed by atoms with E-state index in [0.717, 1.165) is 48.9 Å². The minimum Gasteiger partial charge on any atom is -0.343 e. The second-order valence-corrected chi connectivity index (χ2v) is 10.8. The summed E-state index contributed by atoms with van der Waals surface area (Å²) in [6.07, 6.45) is 4.46. The first-order valence-electron chi connectivity index (χ1n) is 11.6. The fourth-order valence-electron chi connectivity index (χ4n) is 4.69. The number of hydrogen-bond donors (Lipinski definition) is 1. The van der Waals surface area contributed by atoms with Crippen molar-refractivity contribution in [2.45, 2.75) is 57.8 Å². The zero-order valence-electron chi connectivity index (χ0n) is 19.5. The van der Waals surface area contributed by atoms with Gasteiger partial charge in [0.25, 0.3) is 0 Å². The number of likely N-dealkylation sites (tertiary alicyclic amines) is 1. The largest absolute Gasteiger partial charge is 0.343 e. The van der Waals surface area contributed by atoms with Gasteiger partial charge in [-0.05, 0) is 51.2 Å². The smallest absolute Gasteiger partial charge is 0.317 e. The van der Waals surface area contributed by atoms with Crippen molar-refractivity contribution in [3.05, 3.63) is 28.8 Å². The van der Waals surface area contributed by atoms with Crippen LogP contribution in [0.15, 0.2) is 17.0 Å². The predicted molar refractivity (Wildman–Crippen MR) is 124 cm³/mol. The topological polar surface area (TPSA) is 90.0 Å². The van der Waals surface area contributed by atoms with E-state index >= 15 is 0 Å². The van der Waals surface area contributed by atoms with Gasteiger partial charge in [-0.1, -0.05) is 24.1 Å². The number of sulfonamides is 1. The van der Waals surface area contributed by atoms with Crippen LogP contribution >= 0.6 is 0 Å². The Labute approximate surface area is 192 Å². The zero-order chi connectivity index (χ0) is 23.3. The van der Waals surface area contributed by atoms with E-state index < -0.39 is 10.0 Å². The van der Waals surface area contributed by atoms with E-state index in [9.17, 15) is 18.0 Å². The van der Waals surface area contributed by atoms with Gasteiger partial charge in [0, 0.05) is 52.2 Å². The van der Waals surface area contributed by atoms with Gasteiger partial charge in [-0.2, -0.15) is 4.31 Å². The lowest BCUT2D eigenvalue weighted by Gasteiger charge is -2.34. The summed E-state index contributed by atoms with van der Waals surface area (Å²) in [6.45, 7) is 8.88. The van der Waals surface area contributed by atoms with Crippen molar-refractivity contribution in [3.63, 3.8) is 0 Å². The van der Waals surface area contributed by atoms with Crippen LogP contribution in [0.1, 0.15) is 48.8 Å². The molecule has 9 heteroatoms. The predicted octanol–water partition coefficient (Wildman–Crippen LogP) is 2.42. The summed E-state index contributed by atoms with van der Waals surface area (Å²) in [5.41, 5.74) is 2.55. The van der Waals surface area contributed by atoms with Crippen LogP contribution < -0.4 is 5.32 Å². The molecule has 2 aliphatic heterocycles. The average Bonchev–Trinajstić information content (AvgIpc) is 2.94. The summed E-state index contributed by atoms with van der Waals surface area (Å²) in [5, 5.41) is 2.91. The van der Waals surface area contributed by atoms with E-state index in [2.05, 4.69) is 5.32 Å². The van der Waals surface area contributed by atoms with Crippen LogP contribution in [0.3, 0.4) is 0 Å². The molecule has 2 aliphatic rings. The highest BCUT2D eigenvalue weighted by atomic mass is 32.2. The van der Waals surface area contributed by atoms with E-state index in [1.165, 1.54) is 4.31 Å². The van der Waals surface area contributed by atoms with Gasteiger partial charge in [0.2, 0.25) is 15.9 Å². The van der Waals surface area contributed by atoms with Crippen LogP contribution in [0, 0.1) is 20.8 Å². The number of urea groups is 1. The molecule has 0 aliphatic carbocycles. The van der Waals surface area contributed by atoms with Crippen molar-refractivity contribution >= 4 is 22.0 Å². The molecule has 0 bridgehead atoms. The van der Waals surface area contributed by atoms with E-state index in [0.29, 0.717) is 37.5 Å². The highest BCUT2D eigenvalue weighted by molar-refractivity contribution is 7.89. The van der Waals surface area contributed by atoms with Crippen LogP contribution in [0.4, 0.5) is 4.79 Å². The Morgan fingerprint density at radius 1 is 0.969 bits per heavy atom. The van der Waals surface area contributed by atoms with Gasteiger partial charge in [-0.25, -0.2) is 13.2 Å². The minimum atomic E-state index is -3.59. The van der Waals surface area contributed by atoms with Crippen molar-refractivity contribution in [3.8, 4) is 0 Å². The maximum Gasteiger partial charge on any atom is 0.317 e. The van der Waals surface area contributed by atoms with Crippen molar-refractivity contribution in [1.82, 2.24) is 19.4 Å². The van der Waals surface area contributed by atoms with E-state index in [4.69, 9.17) is 0 Å². The number of nitrogens with zero attached hydrogens (tertiary/aromatic N) is 3. The standard InChI is InChI=1S/C23H36N4O4S/c1-18-16-19(2)22(20(3)17-18)32(30,31)27-14-12-26(13-15-27)23(29)24-9-7-11-25-10-6-4-5-8-21(25)28/h16-17H,4-15H2,1-3H3,(H,24,29). The third-order valence-electron chi connectivity index (χ3n) is 6.28. The van der Waals surface area contributed by atoms with Gasteiger partial charge in [0.1, 0.15) is 0 Å². The highest BCUT2D eigenvalue weighted by Crippen LogP contribution is 2.26. The van der Waals surface area contributed by atoms with Crippen LogP contribution in [0.25, 0.3) is 0 Å². The summed E-state index contributed by atoms with van der Waals surface area (Å²) in [7, 11) is -3.59. The Hall–Kier alpha value is -2.13. The molecule has 0 unspecified atom stereocenters. The quantitative estimate of drug-likeness (QED) is 0.655. The van der Waals surface area contributed by atoms with Gasteiger partial charge in [0.05, 0.1) is 4.90 Å². The molecule has 2 fully saturated rings. The monoisotopic (exact) mass is 464 g/mol. The van der Waals surface area contributed by atoms with E-state index in [-0.39, 0.29) is 25.0 Å². The van der Waals surface area contributed by atoms with Crippen molar-refractivity contribution in [2.75, 3.05) is 45.8 Å². The first-order chi connectivity index (χ1) is 15.2. The van der Waals surface area contributed by atoms with Crippen LogP contribution in [0.5, 0.6) is 0 Å². The van der Waals surface area contributed by atoms with Crippen molar-refractivity contribution in [1.29, 1.82) is 0 Å². The summed E-state index contributed by atoms with van der Waals surface area (Å²) in [5.74, 6) is 0.213. The van der Waals surface area contributed by atoms with Gasteiger partial charge in [-0.3, -0.25) is 4.79 Å². The Bertz CT molecular complexity index is 916. The molecule has 1 aromatic carbocycles. The first kappa shape index (κ1) is 24.5. The molecule has 178 valence electrons. The minimum absolute atomic E-state index is 0.174. The van der Waals surface area contributed by atoms with Gasteiger partial charge >= 0.3 is 6.03 Å². The molecule has 0 saturated carbocycles.